The Balaban J connectivity index is 1.59. The molecular formula is C16H20N2O3. The summed E-state index contributed by atoms with van der Waals surface area (Å²) in [6.07, 6.45) is 6.17. The zero-order valence-electron chi connectivity index (χ0n) is 12.0. The fourth-order valence-corrected chi connectivity index (χ4v) is 3.71. The van der Waals surface area contributed by atoms with Crippen LogP contribution < -0.4 is 5.43 Å². The van der Waals surface area contributed by atoms with Gasteiger partial charge in [0.05, 0.1) is 6.21 Å². The van der Waals surface area contributed by atoms with E-state index in [1.165, 1.54) is 31.2 Å². The molecule has 0 spiro atoms. The van der Waals surface area contributed by atoms with E-state index in [2.05, 4.69) is 17.5 Å². The second-order valence-corrected chi connectivity index (χ2v) is 6.32. The van der Waals surface area contributed by atoms with Crippen molar-refractivity contribution in [1.82, 2.24) is 5.43 Å². The molecule has 2 aliphatic carbocycles. The van der Waals surface area contributed by atoms with Crippen molar-refractivity contribution in [2.75, 3.05) is 0 Å². The SMILES string of the molecule is C[C@@]12CCCC[C@@H]1[C@@H]2C(=O)N/N=C\c1ccc(O)c(O)c1. The molecule has 112 valence electrons. The monoisotopic (exact) mass is 288 g/mol. The lowest BCUT2D eigenvalue weighted by molar-refractivity contribution is -0.123. The summed E-state index contributed by atoms with van der Waals surface area (Å²) in [6.45, 7) is 2.20. The van der Waals surface area contributed by atoms with Gasteiger partial charge in [0.15, 0.2) is 11.5 Å². The highest BCUT2D eigenvalue weighted by atomic mass is 16.3. The maximum absolute atomic E-state index is 12.2. The van der Waals surface area contributed by atoms with Gasteiger partial charge in [0.2, 0.25) is 5.91 Å². The molecule has 0 radical (unpaired) electrons. The molecule has 0 aromatic heterocycles. The molecule has 0 aliphatic heterocycles. The van der Waals surface area contributed by atoms with Gasteiger partial charge in [-0.3, -0.25) is 4.79 Å². The number of amides is 1. The molecule has 21 heavy (non-hydrogen) atoms. The summed E-state index contributed by atoms with van der Waals surface area (Å²) in [5.74, 6) is 0.213. The predicted octanol–water partition coefficient (Wildman–Crippen LogP) is 2.37. The third-order valence-corrected chi connectivity index (χ3v) is 5.00. The molecule has 1 aromatic rings. The summed E-state index contributed by atoms with van der Waals surface area (Å²) < 4.78 is 0. The Kier molecular flexibility index (Phi) is 3.35. The number of fused-ring (bicyclic) bond motifs is 1. The quantitative estimate of drug-likeness (QED) is 0.454. The third kappa shape index (κ3) is 2.48. The molecule has 0 heterocycles. The number of hydrazone groups is 1. The summed E-state index contributed by atoms with van der Waals surface area (Å²) in [7, 11) is 0. The van der Waals surface area contributed by atoms with Crippen LogP contribution in [0.4, 0.5) is 0 Å². The molecule has 3 N–H and O–H groups in total. The molecule has 1 amide bonds. The molecule has 3 atom stereocenters. The number of phenols is 2. The van der Waals surface area contributed by atoms with Crippen LogP contribution in [0.3, 0.4) is 0 Å². The number of benzene rings is 1. The molecule has 2 aliphatic rings. The number of hydrogen-bond acceptors (Lipinski definition) is 4. The van der Waals surface area contributed by atoms with Crippen LogP contribution in [-0.2, 0) is 4.79 Å². The van der Waals surface area contributed by atoms with Crippen LogP contribution in [0.15, 0.2) is 23.3 Å². The summed E-state index contributed by atoms with van der Waals surface area (Å²) >= 11 is 0. The minimum absolute atomic E-state index is 0.0105. The van der Waals surface area contributed by atoms with Crippen LogP contribution in [0.5, 0.6) is 11.5 Å². The van der Waals surface area contributed by atoms with Crippen LogP contribution in [0.1, 0.15) is 38.2 Å². The minimum atomic E-state index is -0.203. The Morgan fingerprint density at radius 3 is 2.86 bits per heavy atom. The van der Waals surface area contributed by atoms with Gasteiger partial charge in [-0.15, -0.1) is 0 Å². The number of nitrogens with zero attached hydrogens (tertiary/aromatic N) is 1. The zero-order valence-corrected chi connectivity index (χ0v) is 12.0. The van der Waals surface area contributed by atoms with E-state index in [1.807, 2.05) is 0 Å². The first-order valence-electron chi connectivity index (χ1n) is 7.37. The summed E-state index contributed by atoms with van der Waals surface area (Å²) in [6, 6.07) is 4.39. The van der Waals surface area contributed by atoms with Crippen molar-refractivity contribution in [3.05, 3.63) is 23.8 Å². The Labute approximate surface area is 123 Å². The van der Waals surface area contributed by atoms with E-state index in [4.69, 9.17) is 0 Å². The maximum atomic E-state index is 12.2. The minimum Gasteiger partial charge on any atom is -0.504 e. The topological polar surface area (TPSA) is 81.9 Å². The number of phenolic OH excluding ortho intramolecular Hbond substituents is 2. The lowest BCUT2D eigenvalue weighted by Gasteiger charge is -2.15. The fourth-order valence-electron chi connectivity index (χ4n) is 3.71. The van der Waals surface area contributed by atoms with E-state index in [1.54, 1.807) is 6.07 Å². The first-order valence-corrected chi connectivity index (χ1v) is 7.37. The lowest BCUT2D eigenvalue weighted by Crippen LogP contribution is -2.22. The second kappa shape index (κ2) is 5.06. The number of hydrogen-bond donors (Lipinski definition) is 3. The van der Waals surface area contributed by atoms with Crippen LogP contribution in [0.25, 0.3) is 0 Å². The average Bonchev–Trinajstić information content (AvgIpc) is 3.08. The van der Waals surface area contributed by atoms with Gasteiger partial charge in [-0.1, -0.05) is 19.8 Å². The summed E-state index contributed by atoms with van der Waals surface area (Å²) in [5, 5.41) is 22.5. The number of rotatable bonds is 3. The largest absolute Gasteiger partial charge is 0.504 e. The van der Waals surface area contributed by atoms with Gasteiger partial charge in [0.25, 0.3) is 0 Å². The van der Waals surface area contributed by atoms with E-state index in [0.717, 1.165) is 12.8 Å². The fraction of sp³-hybridized carbons (Fsp3) is 0.500. The highest BCUT2D eigenvalue weighted by Gasteiger charge is 2.64. The molecular weight excluding hydrogens is 268 g/mol. The van der Waals surface area contributed by atoms with Crippen molar-refractivity contribution in [2.45, 2.75) is 32.6 Å². The van der Waals surface area contributed by atoms with Gasteiger partial charge < -0.3 is 10.2 Å². The van der Waals surface area contributed by atoms with Crippen molar-refractivity contribution in [3.8, 4) is 11.5 Å². The predicted molar refractivity (Wildman–Crippen MR) is 79.1 cm³/mol. The molecule has 1 aromatic carbocycles. The standard InChI is InChI=1S/C16H20N2O3/c1-16-7-3-2-4-11(16)14(16)15(21)18-17-9-10-5-6-12(19)13(20)8-10/h5-6,8-9,11,14,19-20H,2-4,7H2,1H3,(H,18,21)/b17-9-/t11-,14-,16-/m1/s1. The van der Waals surface area contributed by atoms with Gasteiger partial charge in [0.1, 0.15) is 0 Å². The first kappa shape index (κ1) is 13.9. The van der Waals surface area contributed by atoms with E-state index in [9.17, 15) is 15.0 Å². The van der Waals surface area contributed by atoms with Crippen molar-refractivity contribution >= 4 is 12.1 Å². The molecule has 5 nitrogen and oxygen atoms in total. The van der Waals surface area contributed by atoms with E-state index >= 15 is 0 Å². The van der Waals surface area contributed by atoms with Crippen molar-refractivity contribution < 1.29 is 15.0 Å². The lowest BCUT2D eigenvalue weighted by atomic mass is 9.90. The van der Waals surface area contributed by atoms with Gasteiger partial charge >= 0.3 is 0 Å². The molecule has 3 rings (SSSR count). The van der Waals surface area contributed by atoms with E-state index in [0.29, 0.717) is 11.5 Å². The Morgan fingerprint density at radius 1 is 1.38 bits per heavy atom. The summed E-state index contributed by atoms with van der Waals surface area (Å²) in [4.78, 5) is 12.2. The van der Waals surface area contributed by atoms with E-state index < -0.39 is 0 Å². The molecule has 0 bridgehead atoms. The maximum Gasteiger partial charge on any atom is 0.244 e. The number of nitrogens with one attached hydrogen (secondary N) is 1. The Hall–Kier alpha value is -2.04. The van der Waals surface area contributed by atoms with Crippen LogP contribution in [0, 0.1) is 17.3 Å². The van der Waals surface area contributed by atoms with Crippen LogP contribution in [0.2, 0.25) is 0 Å². The highest BCUT2D eigenvalue weighted by Crippen LogP contribution is 2.66. The Morgan fingerprint density at radius 2 is 2.19 bits per heavy atom. The number of carbonyl (C=O) groups is 1. The normalized spacial score (nSPS) is 30.9. The zero-order chi connectivity index (χ0) is 15.0. The van der Waals surface area contributed by atoms with Crippen molar-refractivity contribution in [1.29, 1.82) is 0 Å². The van der Waals surface area contributed by atoms with Gasteiger partial charge in [-0.05, 0) is 47.9 Å². The number of carbonyl (C=O) groups excluding carboxylic acids is 1. The van der Waals surface area contributed by atoms with Gasteiger partial charge in [0, 0.05) is 5.92 Å². The molecule has 5 heteroatoms. The van der Waals surface area contributed by atoms with Crippen molar-refractivity contribution in [3.63, 3.8) is 0 Å². The highest BCUT2D eigenvalue weighted by molar-refractivity contribution is 5.86. The molecule has 2 fully saturated rings. The summed E-state index contributed by atoms with van der Waals surface area (Å²) in [5.41, 5.74) is 3.39. The third-order valence-electron chi connectivity index (χ3n) is 5.00. The van der Waals surface area contributed by atoms with Crippen LogP contribution >= 0.6 is 0 Å². The van der Waals surface area contributed by atoms with Gasteiger partial charge in [-0.2, -0.15) is 5.10 Å². The van der Waals surface area contributed by atoms with Gasteiger partial charge in [-0.25, -0.2) is 5.43 Å². The molecule has 0 saturated heterocycles. The Bertz CT molecular complexity index is 599. The van der Waals surface area contributed by atoms with Crippen LogP contribution in [-0.4, -0.2) is 22.3 Å². The van der Waals surface area contributed by atoms with E-state index in [-0.39, 0.29) is 28.7 Å². The molecule has 0 unspecified atom stereocenters. The second-order valence-electron chi connectivity index (χ2n) is 6.32. The smallest absolute Gasteiger partial charge is 0.244 e. The average molecular weight is 288 g/mol. The first-order chi connectivity index (χ1) is 10.0. The van der Waals surface area contributed by atoms with Crippen molar-refractivity contribution in [2.24, 2.45) is 22.4 Å². The number of aromatic hydroxyl groups is 2. The molecule has 2 saturated carbocycles.